The average Bonchev–Trinajstić information content (AvgIpc) is 1.91. The Morgan fingerprint density at radius 1 is 1.56 bits per heavy atom. The number of alkyl halides is 1. The molecule has 0 rings (SSSR count). The first-order valence-electron chi connectivity index (χ1n) is 2.77. The minimum absolute atomic E-state index is 0.00965. The molecule has 0 fully saturated rings. The summed E-state index contributed by atoms with van der Waals surface area (Å²) < 4.78 is 5.26. The van der Waals surface area contributed by atoms with E-state index in [2.05, 4.69) is 13.2 Å². The van der Waals surface area contributed by atoms with Crippen molar-refractivity contribution in [2.75, 3.05) is 5.50 Å². The van der Waals surface area contributed by atoms with Crippen molar-refractivity contribution < 1.29 is 4.43 Å². The highest BCUT2D eigenvalue weighted by Crippen LogP contribution is 1.92. The van der Waals surface area contributed by atoms with Crippen molar-refractivity contribution in [2.24, 2.45) is 0 Å². The summed E-state index contributed by atoms with van der Waals surface area (Å²) in [4.78, 5) is 0. The molecule has 3 heteroatoms. The Labute approximate surface area is 63.3 Å². The maximum absolute atomic E-state index is 5.43. The van der Waals surface area contributed by atoms with E-state index in [1.165, 1.54) is 0 Å². The van der Waals surface area contributed by atoms with Crippen LogP contribution < -0.4 is 0 Å². The standard InChI is InChI=1S/C6H11ClOSi/c1-3-6(4-2)8-9-5-7/h3-4,6H,1-2,5,9H2. The second-order valence-electron chi connectivity index (χ2n) is 1.50. The van der Waals surface area contributed by atoms with Gasteiger partial charge in [-0.05, 0) is 0 Å². The second kappa shape index (κ2) is 6.07. The van der Waals surface area contributed by atoms with Gasteiger partial charge < -0.3 is 4.43 Å². The highest BCUT2D eigenvalue weighted by molar-refractivity contribution is 6.45. The second-order valence-corrected chi connectivity index (χ2v) is 3.75. The highest BCUT2D eigenvalue weighted by atomic mass is 35.5. The molecule has 0 saturated carbocycles. The molecule has 0 N–H and O–H groups in total. The predicted molar refractivity (Wildman–Crippen MR) is 44.5 cm³/mol. The van der Waals surface area contributed by atoms with E-state index in [-0.39, 0.29) is 6.10 Å². The minimum atomic E-state index is -0.525. The Morgan fingerprint density at radius 2 is 2.11 bits per heavy atom. The molecule has 9 heavy (non-hydrogen) atoms. The lowest BCUT2D eigenvalue weighted by atomic mass is 10.4. The fourth-order valence-corrected chi connectivity index (χ4v) is 1.31. The van der Waals surface area contributed by atoms with Gasteiger partial charge in [-0.1, -0.05) is 12.2 Å². The Bertz CT molecular complexity index is 87.1. The van der Waals surface area contributed by atoms with Crippen LogP contribution in [0.1, 0.15) is 0 Å². The van der Waals surface area contributed by atoms with E-state index in [1.54, 1.807) is 12.2 Å². The van der Waals surface area contributed by atoms with Gasteiger partial charge in [-0.25, -0.2) is 0 Å². The van der Waals surface area contributed by atoms with Gasteiger partial charge in [-0.2, -0.15) is 0 Å². The third-order valence-corrected chi connectivity index (χ3v) is 2.09. The maximum Gasteiger partial charge on any atom is 0.177 e. The van der Waals surface area contributed by atoms with Gasteiger partial charge in [0.15, 0.2) is 9.76 Å². The minimum Gasteiger partial charge on any atom is -0.413 e. The van der Waals surface area contributed by atoms with E-state index >= 15 is 0 Å². The predicted octanol–water partition coefficient (Wildman–Crippen LogP) is 1.02. The molecular weight excluding hydrogens is 152 g/mol. The van der Waals surface area contributed by atoms with Crippen LogP contribution in [-0.2, 0) is 4.43 Å². The van der Waals surface area contributed by atoms with Crippen LogP contribution in [0.4, 0.5) is 0 Å². The van der Waals surface area contributed by atoms with E-state index in [0.717, 1.165) is 0 Å². The summed E-state index contributed by atoms with van der Waals surface area (Å²) >= 11 is 5.43. The lowest BCUT2D eigenvalue weighted by Crippen LogP contribution is -2.10. The van der Waals surface area contributed by atoms with Gasteiger partial charge in [0.05, 0.1) is 6.10 Å². The van der Waals surface area contributed by atoms with Gasteiger partial charge in [0, 0.05) is 5.50 Å². The Balaban J connectivity index is 3.30. The zero-order valence-electron chi connectivity index (χ0n) is 5.35. The zero-order chi connectivity index (χ0) is 7.11. The maximum atomic E-state index is 5.43. The van der Waals surface area contributed by atoms with E-state index in [4.69, 9.17) is 16.0 Å². The highest BCUT2D eigenvalue weighted by Gasteiger charge is 1.94. The SMILES string of the molecule is C=CC(C=C)O[SiH2]CCl. The number of hydrogen-bond donors (Lipinski definition) is 0. The molecule has 0 aromatic rings. The molecule has 1 nitrogen and oxygen atoms in total. The van der Waals surface area contributed by atoms with E-state index in [0.29, 0.717) is 5.50 Å². The van der Waals surface area contributed by atoms with Crippen molar-refractivity contribution in [2.45, 2.75) is 6.10 Å². The van der Waals surface area contributed by atoms with Crippen molar-refractivity contribution in [1.82, 2.24) is 0 Å². The molecule has 0 radical (unpaired) electrons. The zero-order valence-corrected chi connectivity index (χ0v) is 7.52. The molecule has 0 spiro atoms. The van der Waals surface area contributed by atoms with Crippen LogP contribution in [0.5, 0.6) is 0 Å². The number of halogens is 1. The molecule has 0 bridgehead atoms. The van der Waals surface area contributed by atoms with Crippen LogP contribution in [-0.4, -0.2) is 21.4 Å². The van der Waals surface area contributed by atoms with Gasteiger partial charge in [0.25, 0.3) is 0 Å². The van der Waals surface area contributed by atoms with E-state index in [1.807, 2.05) is 0 Å². The molecule has 52 valence electrons. The molecule has 0 unspecified atom stereocenters. The molecule has 0 amide bonds. The Morgan fingerprint density at radius 3 is 2.44 bits per heavy atom. The first-order chi connectivity index (χ1) is 4.35. The van der Waals surface area contributed by atoms with E-state index < -0.39 is 9.76 Å². The summed E-state index contributed by atoms with van der Waals surface area (Å²) in [6.45, 7) is 7.14. The van der Waals surface area contributed by atoms with Gasteiger partial charge in [0.2, 0.25) is 0 Å². The topological polar surface area (TPSA) is 9.23 Å². The summed E-state index contributed by atoms with van der Waals surface area (Å²) in [5.74, 6) is 0. The van der Waals surface area contributed by atoms with Gasteiger partial charge in [0.1, 0.15) is 0 Å². The fourth-order valence-electron chi connectivity index (χ4n) is 0.413. The number of hydrogen-bond acceptors (Lipinski definition) is 1. The van der Waals surface area contributed by atoms with Crippen molar-refractivity contribution in [3.05, 3.63) is 25.3 Å². The van der Waals surface area contributed by atoms with Crippen LogP contribution >= 0.6 is 11.6 Å². The molecule has 0 aliphatic heterocycles. The smallest absolute Gasteiger partial charge is 0.177 e. The Hall–Kier alpha value is -0.0531. The van der Waals surface area contributed by atoms with Crippen molar-refractivity contribution in [3.8, 4) is 0 Å². The normalized spacial score (nSPS) is 10.9. The largest absolute Gasteiger partial charge is 0.413 e. The van der Waals surface area contributed by atoms with Crippen LogP contribution in [0, 0.1) is 0 Å². The molecule has 0 aliphatic carbocycles. The van der Waals surface area contributed by atoms with Crippen molar-refractivity contribution in [1.29, 1.82) is 0 Å². The quantitative estimate of drug-likeness (QED) is 0.333. The first kappa shape index (κ1) is 8.95. The summed E-state index contributed by atoms with van der Waals surface area (Å²) in [7, 11) is -0.525. The van der Waals surface area contributed by atoms with Crippen molar-refractivity contribution >= 4 is 21.4 Å². The van der Waals surface area contributed by atoms with Crippen LogP contribution in [0.25, 0.3) is 0 Å². The lowest BCUT2D eigenvalue weighted by molar-refractivity contribution is 0.316. The summed E-state index contributed by atoms with van der Waals surface area (Å²) in [5.41, 5.74) is 0.651. The monoisotopic (exact) mass is 162 g/mol. The van der Waals surface area contributed by atoms with Gasteiger partial charge in [-0.3, -0.25) is 0 Å². The first-order valence-corrected chi connectivity index (χ1v) is 4.89. The lowest BCUT2D eigenvalue weighted by Gasteiger charge is -2.05. The molecular formula is C6H11ClOSi. The third kappa shape index (κ3) is 4.45. The van der Waals surface area contributed by atoms with Crippen LogP contribution in [0.2, 0.25) is 0 Å². The summed E-state index contributed by atoms with van der Waals surface area (Å²) in [6, 6.07) is 0. The van der Waals surface area contributed by atoms with Gasteiger partial charge in [-0.15, -0.1) is 24.8 Å². The number of rotatable bonds is 5. The molecule has 0 aliphatic rings. The molecule has 0 atom stereocenters. The Kier molecular flexibility index (Phi) is 6.04. The van der Waals surface area contributed by atoms with Gasteiger partial charge >= 0.3 is 0 Å². The molecule has 0 saturated heterocycles. The van der Waals surface area contributed by atoms with Crippen LogP contribution in [0.3, 0.4) is 0 Å². The molecule has 0 aromatic heterocycles. The van der Waals surface area contributed by atoms with Crippen LogP contribution in [0.15, 0.2) is 25.3 Å². The summed E-state index contributed by atoms with van der Waals surface area (Å²) in [5, 5.41) is 0. The fraction of sp³-hybridized carbons (Fsp3) is 0.333. The summed E-state index contributed by atoms with van der Waals surface area (Å²) in [6.07, 6.45) is 3.44. The molecule has 0 aromatic carbocycles. The van der Waals surface area contributed by atoms with Crippen molar-refractivity contribution in [3.63, 3.8) is 0 Å². The average molecular weight is 163 g/mol. The third-order valence-electron chi connectivity index (χ3n) is 0.852. The van der Waals surface area contributed by atoms with E-state index in [9.17, 15) is 0 Å². The molecule has 0 heterocycles.